The van der Waals surface area contributed by atoms with Gasteiger partial charge in [0.25, 0.3) is 5.70 Å². The van der Waals surface area contributed by atoms with E-state index in [4.69, 9.17) is 6.57 Å². The monoisotopic (exact) mass is 425 g/mol. The third-order valence-electron chi connectivity index (χ3n) is 5.41. The van der Waals surface area contributed by atoms with E-state index in [1.54, 1.807) is 0 Å². The molecule has 0 aromatic heterocycles. The molecule has 4 rings (SSSR count). The molecule has 2 aromatic carbocycles. The summed E-state index contributed by atoms with van der Waals surface area (Å²) in [5.74, 6) is -1.54. The van der Waals surface area contributed by atoms with Crippen molar-refractivity contribution < 1.29 is 20.4 Å². The maximum absolute atomic E-state index is 11.2. The lowest BCUT2D eigenvalue weighted by Crippen LogP contribution is -2.44. The van der Waals surface area contributed by atoms with Gasteiger partial charge in [-0.05, 0) is 31.1 Å². The van der Waals surface area contributed by atoms with E-state index in [1.807, 2.05) is 59.5 Å². The van der Waals surface area contributed by atoms with Gasteiger partial charge in [0.2, 0.25) is 0 Å². The smallest absolute Gasteiger partial charge is 0.268 e. The van der Waals surface area contributed by atoms with Crippen molar-refractivity contribution in [3.63, 3.8) is 0 Å². The normalized spacial score (nSPS) is 18.8. The molecular weight excluding hydrogens is 406 g/mol. The molecule has 0 aliphatic heterocycles. The van der Waals surface area contributed by atoms with Gasteiger partial charge in [0, 0.05) is 34.7 Å². The number of phenols is 3. The minimum atomic E-state index is -0.877. The van der Waals surface area contributed by atoms with Crippen LogP contribution in [0.3, 0.4) is 0 Å². The first-order chi connectivity index (χ1) is 15.5. The van der Waals surface area contributed by atoms with Crippen molar-refractivity contribution in [2.75, 3.05) is 4.90 Å². The molecule has 0 saturated heterocycles. The summed E-state index contributed by atoms with van der Waals surface area (Å²) in [4.78, 5) is 5.15. The minimum Gasteiger partial charge on any atom is -0.509 e. The highest BCUT2D eigenvalue weighted by Crippen LogP contribution is 2.52. The lowest BCUT2D eigenvalue weighted by Gasteiger charge is -2.43. The molecule has 158 valence electrons. The molecule has 7 nitrogen and oxygen atoms in total. The SMILES string of the molecule is [C-]#[N+]/C(C#N)=C1/C(c2c(O)cc(O)cc2O)=C(O)C1N(C1=CCCC=C1)c1ccccc1. The van der Waals surface area contributed by atoms with Gasteiger partial charge in [-0.2, -0.15) is 0 Å². The van der Waals surface area contributed by atoms with Crippen LogP contribution >= 0.6 is 0 Å². The van der Waals surface area contributed by atoms with Crippen molar-refractivity contribution in [2.24, 2.45) is 0 Å². The molecule has 32 heavy (non-hydrogen) atoms. The Kier molecular flexibility index (Phi) is 5.32. The predicted molar refractivity (Wildman–Crippen MR) is 119 cm³/mol. The van der Waals surface area contributed by atoms with Crippen LogP contribution in [0, 0.1) is 17.9 Å². The van der Waals surface area contributed by atoms with E-state index in [-0.39, 0.29) is 33.9 Å². The fraction of sp³-hybridized carbons (Fsp3) is 0.120. The second-order valence-corrected chi connectivity index (χ2v) is 7.32. The van der Waals surface area contributed by atoms with E-state index in [0.717, 1.165) is 36.4 Å². The first-order valence-electron chi connectivity index (χ1n) is 9.89. The molecule has 0 bridgehead atoms. The first-order valence-corrected chi connectivity index (χ1v) is 9.89. The highest BCUT2D eigenvalue weighted by Gasteiger charge is 2.45. The van der Waals surface area contributed by atoms with Gasteiger partial charge in [0.1, 0.15) is 29.0 Å². The van der Waals surface area contributed by atoms with Crippen molar-refractivity contribution in [1.82, 2.24) is 0 Å². The Morgan fingerprint density at radius 2 is 1.75 bits per heavy atom. The van der Waals surface area contributed by atoms with Crippen molar-refractivity contribution in [3.05, 3.63) is 100 Å². The average Bonchev–Trinajstić information content (AvgIpc) is 2.80. The van der Waals surface area contributed by atoms with Gasteiger partial charge in [-0.3, -0.25) is 0 Å². The van der Waals surface area contributed by atoms with E-state index in [0.29, 0.717) is 0 Å². The van der Waals surface area contributed by atoms with Gasteiger partial charge in [0.15, 0.2) is 0 Å². The van der Waals surface area contributed by atoms with Crippen LogP contribution in [-0.4, -0.2) is 26.5 Å². The number of para-hydroxylation sites is 1. The number of nitriles is 1. The topological polar surface area (TPSA) is 112 Å². The maximum Gasteiger partial charge on any atom is 0.268 e. The van der Waals surface area contributed by atoms with Gasteiger partial charge < -0.3 is 25.3 Å². The molecule has 0 saturated carbocycles. The zero-order valence-electron chi connectivity index (χ0n) is 16.9. The van der Waals surface area contributed by atoms with Crippen molar-refractivity contribution in [3.8, 4) is 23.3 Å². The largest absolute Gasteiger partial charge is 0.509 e. The van der Waals surface area contributed by atoms with Crippen molar-refractivity contribution >= 4 is 11.3 Å². The first kappa shape index (κ1) is 20.6. The van der Waals surface area contributed by atoms with Crippen LogP contribution in [-0.2, 0) is 0 Å². The van der Waals surface area contributed by atoms with Crippen LogP contribution in [0.15, 0.2) is 83.4 Å². The summed E-state index contributed by atoms with van der Waals surface area (Å²) >= 11 is 0. The second-order valence-electron chi connectivity index (χ2n) is 7.32. The number of rotatable bonds is 4. The molecular formula is C25H19N3O4. The van der Waals surface area contributed by atoms with E-state index in [1.165, 1.54) is 0 Å². The van der Waals surface area contributed by atoms with Gasteiger partial charge in [-0.25, -0.2) is 10.1 Å². The van der Waals surface area contributed by atoms with Crippen LogP contribution < -0.4 is 4.90 Å². The zero-order chi connectivity index (χ0) is 22.8. The summed E-state index contributed by atoms with van der Waals surface area (Å²) in [6.07, 6.45) is 7.61. The van der Waals surface area contributed by atoms with Crippen LogP contribution in [0.25, 0.3) is 10.4 Å². The van der Waals surface area contributed by atoms with Gasteiger partial charge in [0.05, 0.1) is 18.2 Å². The molecule has 0 spiro atoms. The number of anilines is 1. The van der Waals surface area contributed by atoms with Gasteiger partial charge >= 0.3 is 0 Å². The van der Waals surface area contributed by atoms with E-state index in [2.05, 4.69) is 4.85 Å². The predicted octanol–water partition coefficient (Wildman–Crippen LogP) is 4.89. The number of nitrogens with zero attached hydrogens (tertiary/aromatic N) is 3. The Morgan fingerprint density at radius 1 is 1.06 bits per heavy atom. The molecule has 4 N–H and O–H groups in total. The van der Waals surface area contributed by atoms with Crippen LogP contribution in [0.5, 0.6) is 17.2 Å². The van der Waals surface area contributed by atoms with Crippen LogP contribution in [0.2, 0.25) is 0 Å². The second kappa shape index (κ2) is 8.25. The third kappa shape index (κ3) is 3.32. The number of aromatic hydroxyl groups is 3. The van der Waals surface area contributed by atoms with Crippen molar-refractivity contribution in [1.29, 1.82) is 5.26 Å². The summed E-state index contributed by atoms with van der Waals surface area (Å²) in [5, 5.41) is 51.2. The average molecular weight is 425 g/mol. The van der Waals surface area contributed by atoms with E-state index >= 15 is 0 Å². The molecule has 2 aromatic rings. The number of phenolic OH excluding ortho intramolecular Hbond substituents is 3. The lowest BCUT2D eigenvalue weighted by atomic mass is 9.76. The number of allylic oxidation sites excluding steroid dienone is 4. The number of aliphatic hydroxyl groups is 1. The standard InChI is InChI=1S/C25H19N3O4/c1-27-18(14-26)21-23(22-19(30)12-17(29)13-20(22)31)25(32)24(21)28(15-8-4-2-5-9-15)16-10-6-3-7-11-16/h2,4-6,8-13,24,29-32H,3,7H2/b21-18-. The quantitative estimate of drug-likeness (QED) is 0.410. The fourth-order valence-corrected chi connectivity index (χ4v) is 4.05. The summed E-state index contributed by atoms with van der Waals surface area (Å²) in [5.41, 5.74) is 1.29. The van der Waals surface area contributed by atoms with Gasteiger partial charge in [-0.1, -0.05) is 30.4 Å². The molecule has 7 heteroatoms. The number of benzene rings is 2. The number of hydrogen-bond donors (Lipinski definition) is 4. The maximum atomic E-state index is 11.2. The molecule has 0 fully saturated rings. The molecule has 2 aliphatic carbocycles. The highest BCUT2D eigenvalue weighted by atomic mass is 16.3. The molecule has 2 aliphatic rings. The molecule has 1 atom stereocenters. The Balaban J connectivity index is 1.98. The molecule has 0 radical (unpaired) electrons. The minimum absolute atomic E-state index is 0.00105. The Bertz CT molecular complexity index is 1250. The summed E-state index contributed by atoms with van der Waals surface area (Å²) in [6.45, 7) is 7.50. The number of aliphatic hydroxyl groups excluding tert-OH is 1. The zero-order valence-corrected chi connectivity index (χ0v) is 16.9. The fourth-order valence-electron chi connectivity index (χ4n) is 4.05. The highest BCUT2D eigenvalue weighted by molar-refractivity contribution is 5.97. The summed E-state index contributed by atoms with van der Waals surface area (Å²) in [6, 6.07) is 12.3. The van der Waals surface area contributed by atoms with E-state index in [9.17, 15) is 25.7 Å². The number of hydrogen-bond acceptors (Lipinski definition) is 6. The summed E-state index contributed by atoms with van der Waals surface area (Å²) < 4.78 is 0. The Hall–Kier alpha value is -4.62. The summed E-state index contributed by atoms with van der Waals surface area (Å²) in [7, 11) is 0. The van der Waals surface area contributed by atoms with Crippen LogP contribution in [0.1, 0.15) is 18.4 Å². The molecule has 0 amide bonds. The molecule has 0 heterocycles. The Labute approximate surface area is 184 Å². The Morgan fingerprint density at radius 3 is 2.31 bits per heavy atom. The third-order valence-corrected chi connectivity index (χ3v) is 5.41. The lowest BCUT2D eigenvalue weighted by molar-refractivity contribution is 0.363. The van der Waals surface area contributed by atoms with E-state index < -0.39 is 17.5 Å². The van der Waals surface area contributed by atoms with Gasteiger partial charge in [-0.15, -0.1) is 0 Å². The van der Waals surface area contributed by atoms with Crippen molar-refractivity contribution in [2.45, 2.75) is 18.9 Å². The van der Waals surface area contributed by atoms with Crippen LogP contribution in [0.4, 0.5) is 5.69 Å². The molecule has 1 unspecified atom stereocenters.